The molecule has 1 heterocycles. The van der Waals surface area contributed by atoms with Gasteiger partial charge in [0.25, 0.3) is 0 Å². The van der Waals surface area contributed by atoms with Crippen LogP contribution in [0.3, 0.4) is 0 Å². The summed E-state index contributed by atoms with van der Waals surface area (Å²) in [5.74, 6) is 0.226. The van der Waals surface area contributed by atoms with Crippen molar-refractivity contribution in [1.29, 1.82) is 0 Å². The summed E-state index contributed by atoms with van der Waals surface area (Å²) in [6.07, 6.45) is 5.57. The molecular weight excluding hydrogens is 310 g/mol. The quantitative estimate of drug-likeness (QED) is 0.900. The molecule has 1 aromatic carbocycles. The molecule has 2 aromatic rings. The Morgan fingerprint density at radius 2 is 2.13 bits per heavy atom. The Morgan fingerprint density at radius 3 is 2.87 bits per heavy atom. The fraction of sp³-hybridized carbons (Fsp3) is 0.471. The van der Waals surface area contributed by atoms with Crippen molar-refractivity contribution in [2.75, 3.05) is 6.54 Å². The van der Waals surface area contributed by atoms with E-state index >= 15 is 0 Å². The zero-order chi connectivity index (χ0) is 16.5. The molecule has 3 rings (SSSR count). The maximum Gasteiger partial charge on any atom is 0.241 e. The zero-order valence-electron chi connectivity index (χ0n) is 13.3. The summed E-state index contributed by atoms with van der Waals surface area (Å²) >= 11 is 0. The minimum absolute atomic E-state index is 0.226. The lowest BCUT2D eigenvalue weighted by atomic mass is 9.74. The first kappa shape index (κ1) is 16.4. The summed E-state index contributed by atoms with van der Waals surface area (Å²) in [5.41, 5.74) is 6.11. The summed E-state index contributed by atoms with van der Waals surface area (Å²) < 4.78 is 29.0. The molecule has 1 saturated carbocycles. The molecule has 23 heavy (non-hydrogen) atoms. The van der Waals surface area contributed by atoms with Gasteiger partial charge in [-0.2, -0.15) is 0 Å². The van der Waals surface area contributed by atoms with Crippen molar-refractivity contribution in [3.63, 3.8) is 0 Å². The normalized spacial score (nSPS) is 25.6. The summed E-state index contributed by atoms with van der Waals surface area (Å²) in [5, 5.41) is 0.637. The Morgan fingerprint density at radius 1 is 1.30 bits per heavy atom. The van der Waals surface area contributed by atoms with E-state index in [1.807, 2.05) is 6.07 Å². The van der Waals surface area contributed by atoms with Gasteiger partial charge in [0.2, 0.25) is 10.0 Å². The minimum atomic E-state index is -3.66. The van der Waals surface area contributed by atoms with Crippen LogP contribution in [0.4, 0.5) is 0 Å². The third-order valence-corrected chi connectivity index (χ3v) is 6.66. The second kappa shape index (κ2) is 6.19. The summed E-state index contributed by atoms with van der Waals surface area (Å²) in [7, 11) is -3.66. The van der Waals surface area contributed by atoms with Crippen molar-refractivity contribution in [3.05, 3.63) is 36.5 Å². The molecule has 1 aliphatic rings. The number of nitrogens with zero attached hydrogens (tertiary/aromatic N) is 1. The highest BCUT2D eigenvalue weighted by Gasteiger charge is 2.40. The molecule has 0 amide bonds. The molecule has 3 N–H and O–H groups in total. The van der Waals surface area contributed by atoms with Gasteiger partial charge in [-0.3, -0.25) is 4.98 Å². The molecule has 0 bridgehead atoms. The summed E-state index contributed by atoms with van der Waals surface area (Å²) in [6, 6.07) is 8.71. The van der Waals surface area contributed by atoms with E-state index in [-0.39, 0.29) is 10.8 Å². The molecule has 2 atom stereocenters. The van der Waals surface area contributed by atoms with Crippen LogP contribution >= 0.6 is 0 Å². The SMILES string of the molecule is CC1CCCCC1(CN)NS(=O)(=O)c1cccc2ncccc12. The van der Waals surface area contributed by atoms with Crippen LogP contribution in [-0.2, 0) is 10.0 Å². The van der Waals surface area contributed by atoms with Gasteiger partial charge in [0.15, 0.2) is 0 Å². The van der Waals surface area contributed by atoms with Crippen molar-refractivity contribution in [1.82, 2.24) is 9.71 Å². The van der Waals surface area contributed by atoms with E-state index in [1.54, 1.807) is 30.5 Å². The van der Waals surface area contributed by atoms with Crippen LogP contribution in [0.1, 0.15) is 32.6 Å². The van der Waals surface area contributed by atoms with Crippen molar-refractivity contribution in [2.45, 2.75) is 43.0 Å². The summed E-state index contributed by atoms with van der Waals surface area (Å²) in [4.78, 5) is 4.51. The van der Waals surface area contributed by atoms with Crippen LogP contribution in [0.15, 0.2) is 41.4 Å². The van der Waals surface area contributed by atoms with E-state index in [1.165, 1.54) is 0 Å². The highest BCUT2D eigenvalue weighted by Crippen LogP contribution is 2.34. The molecule has 0 aliphatic heterocycles. The van der Waals surface area contributed by atoms with E-state index in [2.05, 4.69) is 16.6 Å². The lowest BCUT2D eigenvalue weighted by Crippen LogP contribution is -2.58. The van der Waals surface area contributed by atoms with Crippen LogP contribution < -0.4 is 10.5 Å². The van der Waals surface area contributed by atoms with Gasteiger partial charge in [0.05, 0.1) is 10.4 Å². The molecular formula is C17H23N3O2S. The smallest absolute Gasteiger partial charge is 0.241 e. The molecule has 5 nitrogen and oxygen atoms in total. The first-order valence-corrected chi connectivity index (χ1v) is 9.55. The minimum Gasteiger partial charge on any atom is -0.329 e. The van der Waals surface area contributed by atoms with Gasteiger partial charge in [-0.05, 0) is 43.0 Å². The topological polar surface area (TPSA) is 85.1 Å². The average molecular weight is 333 g/mol. The summed E-state index contributed by atoms with van der Waals surface area (Å²) in [6.45, 7) is 2.40. The van der Waals surface area contributed by atoms with E-state index in [4.69, 9.17) is 5.73 Å². The number of fused-ring (bicyclic) bond motifs is 1. The van der Waals surface area contributed by atoms with Crippen LogP contribution in [0.2, 0.25) is 0 Å². The third kappa shape index (κ3) is 2.98. The van der Waals surface area contributed by atoms with E-state index in [0.717, 1.165) is 25.7 Å². The standard InChI is InChI=1S/C17H23N3O2S/c1-13-6-2-3-10-17(13,12-18)20-23(21,22)16-9-4-8-15-14(16)7-5-11-19-15/h4-5,7-9,11,13,20H,2-3,6,10,12,18H2,1H3. The largest absolute Gasteiger partial charge is 0.329 e. The van der Waals surface area contributed by atoms with Crippen LogP contribution in [-0.4, -0.2) is 25.5 Å². The predicted molar refractivity (Wildman–Crippen MR) is 91.5 cm³/mol. The Bertz CT molecular complexity index is 801. The van der Waals surface area contributed by atoms with Gasteiger partial charge in [-0.1, -0.05) is 25.8 Å². The second-order valence-corrected chi connectivity index (χ2v) is 8.09. The second-order valence-electron chi connectivity index (χ2n) is 6.44. The predicted octanol–water partition coefficient (Wildman–Crippen LogP) is 2.42. The third-order valence-electron chi connectivity index (χ3n) is 5.05. The number of hydrogen-bond acceptors (Lipinski definition) is 4. The van der Waals surface area contributed by atoms with Crippen LogP contribution in [0.25, 0.3) is 10.9 Å². The lowest BCUT2D eigenvalue weighted by molar-refractivity contribution is 0.191. The number of benzene rings is 1. The highest BCUT2D eigenvalue weighted by atomic mass is 32.2. The molecule has 6 heteroatoms. The Hall–Kier alpha value is -1.50. The molecule has 1 fully saturated rings. The average Bonchev–Trinajstić information content (AvgIpc) is 2.56. The molecule has 124 valence electrons. The molecule has 1 aliphatic carbocycles. The molecule has 0 saturated heterocycles. The molecule has 0 radical (unpaired) electrons. The van der Waals surface area contributed by atoms with Gasteiger partial charge in [-0.15, -0.1) is 0 Å². The fourth-order valence-corrected chi connectivity index (χ4v) is 5.29. The van der Waals surface area contributed by atoms with Crippen LogP contribution in [0, 0.1) is 5.92 Å². The van der Waals surface area contributed by atoms with Crippen molar-refractivity contribution in [2.24, 2.45) is 11.7 Å². The molecule has 2 unspecified atom stereocenters. The van der Waals surface area contributed by atoms with Crippen molar-refractivity contribution >= 4 is 20.9 Å². The Kier molecular flexibility index (Phi) is 4.40. The number of nitrogens with one attached hydrogen (secondary N) is 1. The maximum absolute atomic E-state index is 13.0. The number of aromatic nitrogens is 1. The number of pyridine rings is 1. The zero-order valence-corrected chi connectivity index (χ0v) is 14.1. The van der Waals surface area contributed by atoms with Crippen molar-refractivity contribution in [3.8, 4) is 0 Å². The Labute approximate surface area is 137 Å². The number of sulfonamides is 1. The molecule has 0 spiro atoms. The lowest BCUT2D eigenvalue weighted by Gasteiger charge is -2.42. The number of nitrogens with two attached hydrogens (primary N) is 1. The van der Waals surface area contributed by atoms with Crippen LogP contribution in [0.5, 0.6) is 0 Å². The first-order chi connectivity index (χ1) is 11.0. The fourth-order valence-electron chi connectivity index (χ4n) is 3.54. The van der Waals surface area contributed by atoms with Gasteiger partial charge >= 0.3 is 0 Å². The van der Waals surface area contributed by atoms with Crippen molar-refractivity contribution < 1.29 is 8.42 Å². The van der Waals surface area contributed by atoms with Gasteiger partial charge in [-0.25, -0.2) is 13.1 Å². The van der Waals surface area contributed by atoms with E-state index < -0.39 is 15.6 Å². The molecule has 1 aromatic heterocycles. The maximum atomic E-state index is 13.0. The monoisotopic (exact) mass is 333 g/mol. The first-order valence-electron chi connectivity index (χ1n) is 8.06. The van der Waals surface area contributed by atoms with Gasteiger partial charge in [0.1, 0.15) is 0 Å². The van der Waals surface area contributed by atoms with E-state index in [0.29, 0.717) is 17.4 Å². The Balaban J connectivity index is 2.04. The van der Waals surface area contributed by atoms with Gasteiger partial charge < -0.3 is 5.73 Å². The van der Waals surface area contributed by atoms with Gasteiger partial charge in [0, 0.05) is 23.7 Å². The van der Waals surface area contributed by atoms with E-state index in [9.17, 15) is 8.42 Å². The highest BCUT2D eigenvalue weighted by molar-refractivity contribution is 7.89. The number of rotatable bonds is 4. The number of hydrogen-bond donors (Lipinski definition) is 2.